The van der Waals surface area contributed by atoms with Gasteiger partial charge in [-0.15, -0.1) is 12.4 Å². The lowest BCUT2D eigenvalue weighted by molar-refractivity contribution is -0.119. The molecule has 8 heteroatoms. The Morgan fingerprint density at radius 2 is 2.19 bits per heavy atom. The van der Waals surface area contributed by atoms with E-state index in [2.05, 4.69) is 5.32 Å². The maximum atomic E-state index is 10.7. The summed E-state index contributed by atoms with van der Waals surface area (Å²) >= 11 is 6.10. The molecule has 21 heavy (non-hydrogen) atoms. The molecule has 0 heterocycles. The van der Waals surface area contributed by atoms with Crippen LogP contribution >= 0.6 is 24.0 Å². The van der Waals surface area contributed by atoms with Crippen LogP contribution in [0.25, 0.3) is 0 Å². The molecule has 0 aliphatic carbocycles. The molecule has 0 bridgehead atoms. The van der Waals surface area contributed by atoms with Crippen LogP contribution in [-0.4, -0.2) is 37.4 Å². The Labute approximate surface area is 135 Å². The fraction of sp³-hybridized carbons (Fsp3) is 0.462. The van der Waals surface area contributed by atoms with Crippen molar-refractivity contribution in [1.29, 1.82) is 0 Å². The van der Waals surface area contributed by atoms with Crippen LogP contribution in [0.5, 0.6) is 11.5 Å². The van der Waals surface area contributed by atoms with Crippen LogP contribution in [0.15, 0.2) is 12.1 Å². The molecule has 1 atom stereocenters. The number of carbonyl (C=O) groups excluding carboxylic acids is 1. The fourth-order valence-corrected chi connectivity index (χ4v) is 1.87. The van der Waals surface area contributed by atoms with E-state index in [9.17, 15) is 9.90 Å². The molecule has 0 spiro atoms. The zero-order valence-electron chi connectivity index (χ0n) is 11.9. The number of primary amides is 1. The molecule has 1 unspecified atom stereocenters. The van der Waals surface area contributed by atoms with Crippen molar-refractivity contribution in [1.82, 2.24) is 5.32 Å². The molecule has 0 saturated carbocycles. The third-order valence-corrected chi connectivity index (χ3v) is 2.70. The minimum Gasteiger partial charge on any atom is -0.493 e. The number of ether oxygens (including phenoxy) is 2. The number of hydrogen-bond donors (Lipinski definition) is 3. The average Bonchev–Trinajstić information content (AvgIpc) is 2.36. The topological polar surface area (TPSA) is 93.8 Å². The number of nitrogens with two attached hydrogens (primary N) is 1. The molecule has 120 valence electrons. The number of benzene rings is 1. The lowest BCUT2D eigenvalue weighted by Crippen LogP contribution is -2.24. The number of amides is 1. The number of halogens is 2. The van der Waals surface area contributed by atoms with Crippen molar-refractivity contribution in [3.05, 3.63) is 22.7 Å². The molecule has 0 fully saturated rings. The van der Waals surface area contributed by atoms with E-state index in [-0.39, 0.29) is 24.8 Å². The van der Waals surface area contributed by atoms with E-state index in [0.29, 0.717) is 23.9 Å². The van der Waals surface area contributed by atoms with Crippen molar-refractivity contribution in [3.63, 3.8) is 0 Å². The van der Waals surface area contributed by atoms with Crippen molar-refractivity contribution < 1.29 is 19.4 Å². The fourth-order valence-electron chi connectivity index (χ4n) is 1.58. The van der Waals surface area contributed by atoms with E-state index in [1.165, 1.54) is 7.11 Å². The number of aliphatic hydroxyl groups is 1. The molecule has 0 aromatic heterocycles. The first-order chi connectivity index (χ1) is 9.43. The molecular formula is C13H20Cl2N2O4. The Hall–Kier alpha value is -1.21. The molecule has 1 amide bonds. The first-order valence-corrected chi connectivity index (χ1v) is 6.48. The second-order valence-electron chi connectivity index (χ2n) is 4.34. The predicted octanol–water partition coefficient (Wildman–Crippen LogP) is 1.10. The first-order valence-electron chi connectivity index (χ1n) is 6.10. The third kappa shape index (κ3) is 6.86. The Morgan fingerprint density at radius 1 is 1.52 bits per heavy atom. The predicted molar refractivity (Wildman–Crippen MR) is 83.3 cm³/mol. The van der Waals surface area contributed by atoms with Gasteiger partial charge >= 0.3 is 0 Å². The molecular weight excluding hydrogens is 319 g/mol. The highest BCUT2D eigenvalue weighted by Crippen LogP contribution is 2.36. The monoisotopic (exact) mass is 338 g/mol. The SMILES string of the molecule is COc1cc(CNCC(C)O)cc(Cl)c1OCC(N)=O.Cl. The van der Waals surface area contributed by atoms with Crippen LogP contribution in [0.1, 0.15) is 12.5 Å². The maximum Gasteiger partial charge on any atom is 0.255 e. The Morgan fingerprint density at radius 3 is 2.71 bits per heavy atom. The van der Waals surface area contributed by atoms with E-state index in [1.807, 2.05) is 0 Å². The average molecular weight is 339 g/mol. The lowest BCUT2D eigenvalue weighted by atomic mass is 10.2. The van der Waals surface area contributed by atoms with E-state index < -0.39 is 12.0 Å². The van der Waals surface area contributed by atoms with Gasteiger partial charge in [0.15, 0.2) is 18.1 Å². The summed E-state index contributed by atoms with van der Waals surface area (Å²) in [6.45, 7) is 2.42. The summed E-state index contributed by atoms with van der Waals surface area (Å²) in [5.74, 6) is 0.116. The maximum absolute atomic E-state index is 10.7. The van der Waals surface area contributed by atoms with E-state index in [1.54, 1.807) is 19.1 Å². The van der Waals surface area contributed by atoms with Gasteiger partial charge in [0, 0.05) is 13.1 Å². The van der Waals surface area contributed by atoms with Crippen molar-refractivity contribution in [2.24, 2.45) is 5.73 Å². The molecule has 1 rings (SSSR count). The standard InChI is InChI=1S/C13H19ClN2O4.ClH/c1-8(17)5-16-6-9-3-10(14)13(11(4-9)19-2)20-7-12(15)18;/h3-4,8,16-17H,5-7H2,1-2H3,(H2,15,18);1H. The van der Waals surface area contributed by atoms with Crippen molar-refractivity contribution in [2.75, 3.05) is 20.3 Å². The molecule has 1 aromatic carbocycles. The van der Waals surface area contributed by atoms with Gasteiger partial charge in [-0.1, -0.05) is 11.6 Å². The zero-order valence-corrected chi connectivity index (χ0v) is 13.5. The number of rotatable bonds is 8. The van der Waals surface area contributed by atoms with Gasteiger partial charge in [0.2, 0.25) is 0 Å². The molecule has 0 aliphatic heterocycles. The van der Waals surface area contributed by atoms with Gasteiger partial charge in [-0.3, -0.25) is 4.79 Å². The molecule has 0 aliphatic rings. The van der Waals surface area contributed by atoms with Crippen LogP contribution in [0.4, 0.5) is 0 Å². The van der Waals surface area contributed by atoms with Crippen molar-refractivity contribution >= 4 is 29.9 Å². The van der Waals surface area contributed by atoms with Crippen LogP contribution in [0.3, 0.4) is 0 Å². The van der Waals surface area contributed by atoms with Crippen LogP contribution in [0, 0.1) is 0 Å². The molecule has 6 nitrogen and oxygen atoms in total. The van der Waals surface area contributed by atoms with E-state index in [0.717, 1.165) is 5.56 Å². The summed E-state index contributed by atoms with van der Waals surface area (Å²) in [7, 11) is 1.48. The Balaban J connectivity index is 0.00000400. The number of nitrogens with one attached hydrogen (secondary N) is 1. The number of hydrogen-bond acceptors (Lipinski definition) is 5. The van der Waals surface area contributed by atoms with Gasteiger partial charge in [-0.05, 0) is 24.6 Å². The lowest BCUT2D eigenvalue weighted by Gasteiger charge is -2.14. The van der Waals surface area contributed by atoms with Gasteiger partial charge < -0.3 is 25.6 Å². The largest absolute Gasteiger partial charge is 0.493 e. The Bertz CT molecular complexity index is 470. The van der Waals surface area contributed by atoms with Crippen LogP contribution in [-0.2, 0) is 11.3 Å². The molecule has 4 N–H and O–H groups in total. The minimum absolute atomic E-state index is 0. The second-order valence-corrected chi connectivity index (χ2v) is 4.75. The van der Waals surface area contributed by atoms with Gasteiger partial charge in [-0.25, -0.2) is 0 Å². The highest BCUT2D eigenvalue weighted by atomic mass is 35.5. The third-order valence-electron chi connectivity index (χ3n) is 2.42. The first kappa shape index (κ1) is 19.8. The Kier molecular flexibility index (Phi) is 9.12. The number of methoxy groups -OCH3 is 1. The van der Waals surface area contributed by atoms with Gasteiger partial charge in [-0.2, -0.15) is 0 Å². The quantitative estimate of drug-likeness (QED) is 0.660. The highest BCUT2D eigenvalue weighted by molar-refractivity contribution is 6.32. The zero-order chi connectivity index (χ0) is 15.1. The number of aliphatic hydroxyl groups excluding tert-OH is 1. The highest BCUT2D eigenvalue weighted by Gasteiger charge is 2.13. The van der Waals surface area contributed by atoms with Crippen LogP contribution in [0.2, 0.25) is 5.02 Å². The minimum atomic E-state index is -0.592. The summed E-state index contributed by atoms with van der Waals surface area (Å²) in [4.78, 5) is 10.7. The van der Waals surface area contributed by atoms with Crippen molar-refractivity contribution in [3.8, 4) is 11.5 Å². The summed E-state index contributed by atoms with van der Waals surface area (Å²) in [6, 6.07) is 3.45. The molecule has 0 radical (unpaired) electrons. The van der Waals surface area contributed by atoms with Crippen molar-refractivity contribution in [2.45, 2.75) is 19.6 Å². The van der Waals surface area contributed by atoms with E-state index >= 15 is 0 Å². The number of carbonyl (C=O) groups is 1. The second kappa shape index (κ2) is 9.68. The van der Waals surface area contributed by atoms with Gasteiger partial charge in [0.1, 0.15) is 0 Å². The summed E-state index contributed by atoms with van der Waals surface area (Å²) in [5, 5.41) is 12.6. The summed E-state index contributed by atoms with van der Waals surface area (Å²) in [6.07, 6.45) is -0.425. The summed E-state index contributed by atoms with van der Waals surface area (Å²) in [5.41, 5.74) is 5.90. The van der Waals surface area contributed by atoms with Gasteiger partial charge in [0.05, 0.1) is 18.2 Å². The summed E-state index contributed by atoms with van der Waals surface area (Å²) < 4.78 is 10.4. The smallest absolute Gasteiger partial charge is 0.255 e. The normalized spacial score (nSPS) is 11.4. The van der Waals surface area contributed by atoms with Crippen LogP contribution < -0.4 is 20.5 Å². The van der Waals surface area contributed by atoms with E-state index in [4.69, 9.17) is 26.8 Å². The van der Waals surface area contributed by atoms with Gasteiger partial charge in [0.25, 0.3) is 5.91 Å². The molecule has 0 saturated heterocycles. The molecule has 1 aromatic rings.